The number of anilines is 1. The summed E-state index contributed by atoms with van der Waals surface area (Å²) in [6, 6.07) is 22.0. The van der Waals surface area contributed by atoms with Crippen LogP contribution in [-0.2, 0) is 29.0 Å². The molecule has 162 valence electrons. The molecule has 0 aliphatic carbocycles. The Balaban J connectivity index is 1.74. The van der Waals surface area contributed by atoms with Crippen LogP contribution in [0.1, 0.15) is 40.2 Å². The molecular weight excluding hydrogens is 408 g/mol. The van der Waals surface area contributed by atoms with Crippen molar-refractivity contribution in [2.75, 3.05) is 18.5 Å². The Hall–Kier alpha value is -2.96. The molecule has 6 heteroatoms. The summed E-state index contributed by atoms with van der Waals surface area (Å²) in [6.45, 7) is 5.61. The smallest absolute Gasteiger partial charge is 0.341 e. The molecule has 0 saturated heterocycles. The van der Waals surface area contributed by atoms with E-state index in [4.69, 9.17) is 4.74 Å². The van der Waals surface area contributed by atoms with E-state index in [2.05, 4.69) is 34.5 Å². The van der Waals surface area contributed by atoms with E-state index in [9.17, 15) is 9.59 Å². The van der Waals surface area contributed by atoms with Crippen LogP contribution in [-0.4, -0.2) is 29.9 Å². The predicted octanol–water partition coefficient (Wildman–Crippen LogP) is 5.13. The van der Waals surface area contributed by atoms with Crippen molar-refractivity contribution in [2.45, 2.75) is 33.4 Å². The van der Waals surface area contributed by atoms with Crippen molar-refractivity contribution in [3.8, 4) is 0 Å². The number of thiophene rings is 1. The molecule has 0 aliphatic rings. The van der Waals surface area contributed by atoms with E-state index < -0.39 is 5.97 Å². The third-order valence-corrected chi connectivity index (χ3v) is 5.94. The zero-order valence-electron chi connectivity index (χ0n) is 18.0. The number of hydrogen-bond acceptors (Lipinski definition) is 5. The van der Waals surface area contributed by atoms with Gasteiger partial charge in [0.25, 0.3) is 0 Å². The largest absolute Gasteiger partial charge is 0.462 e. The molecule has 1 aromatic heterocycles. The molecular formula is C25H28N2O3S. The van der Waals surface area contributed by atoms with E-state index in [0.717, 1.165) is 22.4 Å². The first-order chi connectivity index (χ1) is 15.1. The van der Waals surface area contributed by atoms with Gasteiger partial charge in [-0.3, -0.25) is 9.69 Å². The van der Waals surface area contributed by atoms with Gasteiger partial charge >= 0.3 is 5.97 Å². The number of ether oxygens (including phenoxy) is 1. The molecule has 0 aliphatic heterocycles. The molecule has 1 N–H and O–H groups in total. The molecule has 0 fully saturated rings. The molecule has 5 nitrogen and oxygen atoms in total. The number of hydrogen-bond donors (Lipinski definition) is 1. The second kappa shape index (κ2) is 11.4. The second-order valence-electron chi connectivity index (χ2n) is 7.19. The molecule has 3 aromatic rings. The van der Waals surface area contributed by atoms with Gasteiger partial charge in [-0.05, 0) is 30.5 Å². The number of carbonyl (C=O) groups excluding carboxylic acids is 2. The van der Waals surface area contributed by atoms with Gasteiger partial charge in [0.15, 0.2) is 0 Å². The maximum absolute atomic E-state index is 12.9. The maximum Gasteiger partial charge on any atom is 0.341 e. The quantitative estimate of drug-likeness (QED) is 0.448. The highest BCUT2D eigenvalue weighted by Gasteiger charge is 2.20. The number of esters is 1. The molecule has 31 heavy (non-hydrogen) atoms. The Labute approximate surface area is 187 Å². The highest BCUT2D eigenvalue weighted by Crippen LogP contribution is 2.29. The summed E-state index contributed by atoms with van der Waals surface area (Å²) in [5.74, 6) is -0.555. The van der Waals surface area contributed by atoms with Crippen molar-refractivity contribution in [2.24, 2.45) is 0 Å². The molecule has 0 atom stereocenters. The number of nitrogens with zero attached hydrogens (tertiary/aromatic N) is 1. The molecule has 1 amide bonds. The van der Waals surface area contributed by atoms with Gasteiger partial charge in [0.1, 0.15) is 5.00 Å². The van der Waals surface area contributed by atoms with E-state index in [-0.39, 0.29) is 12.5 Å². The van der Waals surface area contributed by atoms with Gasteiger partial charge in [-0.2, -0.15) is 0 Å². The molecule has 3 rings (SSSR count). The van der Waals surface area contributed by atoms with Gasteiger partial charge in [0.2, 0.25) is 5.91 Å². The minimum absolute atomic E-state index is 0.151. The molecule has 0 spiro atoms. The van der Waals surface area contributed by atoms with Crippen molar-refractivity contribution in [3.63, 3.8) is 0 Å². The van der Waals surface area contributed by atoms with Crippen LogP contribution >= 0.6 is 11.3 Å². The molecule has 0 bridgehead atoms. The monoisotopic (exact) mass is 436 g/mol. The number of rotatable bonds is 10. The Morgan fingerprint density at radius 2 is 1.52 bits per heavy atom. The van der Waals surface area contributed by atoms with E-state index in [1.54, 1.807) is 6.92 Å². The molecule has 0 saturated carbocycles. The zero-order valence-corrected chi connectivity index (χ0v) is 18.8. The normalized spacial score (nSPS) is 10.8. The lowest BCUT2D eigenvalue weighted by Crippen LogP contribution is -2.32. The Morgan fingerprint density at radius 1 is 0.935 bits per heavy atom. The fourth-order valence-corrected chi connectivity index (χ4v) is 4.29. The van der Waals surface area contributed by atoms with Crippen LogP contribution in [0.2, 0.25) is 0 Å². The number of aryl methyl sites for hydroxylation is 1. The van der Waals surface area contributed by atoms with Gasteiger partial charge in [-0.15, -0.1) is 11.3 Å². The second-order valence-corrected chi connectivity index (χ2v) is 8.33. The minimum atomic E-state index is -0.404. The van der Waals surface area contributed by atoms with Crippen LogP contribution in [0, 0.1) is 0 Å². The van der Waals surface area contributed by atoms with E-state index >= 15 is 0 Å². The van der Waals surface area contributed by atoms with Crippen molar-refractivity contribution in [1.29, 1.82) is 0 Å². The average molecular weight is 437 g/mol. The summed E-state index contributed by atoms with van der Waals surface area (Å²) in [6.07, 6.45) is 0.793. The van der Waals surface area contributed by atoms with E-state index in [1.165, 1.54) is 11.3 Å². The Bertz CT molecular complexity index is 945. The summed E-state index contributed by atoms with van der Waals surface area (Å²) >= 11 is 1.43. The molecule has 0 unspecified atom stereocenters. The average Bonchev–Trinajstić information content (AvgIpc) is 3.18. The van der Waals surface area contributed by atoms with E-state index in [1.807, 2.05) is 49.4 Å². The lowest BCUT2D eigenvalue weighted by atomic mass is 10.1. The fraction of sp³-hybridized carbons (Fsp3) is 0.280. The number of nitrogens with one attached hydrogen (secondary N) is 1. The van der Waals surface area contributed by atoms with Crippen LogP contribution < -0.4 is 5.32 Å². The van der Waals surface area contributed by atoms with Crippen molar-refractivity contribution in [1.82, 2.24) is 4.90 Å². The van der Waals surface area contributed by atoms with Crippen molar-refractivity contribution < 1.29 is 14.3 Å². The van der Waals surface area contributed by atoms with Crippen LogP contribution in [0.5, 0.6) is 0 Å². The standard InChI is InChI=1S/C25H28N2O3S/c1-3-21-15-22(25(29)30-4-2)24(31-21)26-23(28)18-27(16-19-11-7-5-8-12-19)17-20-13-9-6-10-14-20/h5-15H,3-4,16-18H2,1-2H3,(H,26,28). The fourth-order valence-electron chi connectivity index (χ4n) is 3.29. The molecule has 1 heterocycles. The summed E-state index contributed by atoms with van der Waals surface area (Å²) in [7, 11) is 0. The number of carbonyl (C=O) groups is 2. The first-order valence-corrected chi connectivity index (χ1v) is 11.3. The minimum Gasteiger partial charge on any atom is -0.462 e. The van der Waals surface area contributed by atoms with Gasteiger partial charge < -0.3 is 10.1 Å². The van der Waals surface area contributed by atoms with Gasteiger partial charge in [0, 0.05) is 18.0 Å². The maximum atomic E-state index is 12.9. The number of amides is 1. The van der Waals surface area contributed by atoms with Gasteiger partial charge in [0.05, 0.1) is 18.7 Å². The van der Waals surface area contributed by atoms with Crippen LogP contribution in [0.4, 0.5) is 5.00 Å². The molecule has 0 radical (unpaired) electrons. The zero-order chi connectivity index (χ0) is 22.1. The van der Waals surface area contributed by atoms with Crippen LogP contribution in [0.3, 0.4) is 0 Å². The van der Waals surface area contributed by atoms with Crippen molar-refractivity contribution in [3.05, 3.63) is 88.3 Å². The summed E-state index contributed by atoms with van der Waals surface area (Å²) in [4.78, 5) is 28.4. The van der Waals surface area contributed by atoms with Crippen LogP contribution in [0.15, 0.2) is 66.7 Å². The Kier molecular flexibility index (Phi) is 8.38. The lowest BCUT2D eigenvalue weighted by Gasteiger charge is -2.22. The third kappa shape index (κ3) is 6.77. The summed E-state index contributed by atoms with van der Waals surface area (Å²) < 4.78 is 5.15. The van der Waals surface area contributed by atoms with Gasteiger partial charge in [-0.25, -0.2) is 4.79 Å². The topological polar surface area (TPSA) is 58.6 Å². The Morgan fingerprint density at radius 3 is 2.03 bits per heavy atom. The number of benzene rings is 2. The van der Waals surface area contributed by atoms with Gasteiger partial charge in [-0.1, -0.05) is 67.6 Å². The highest BCUT2D eigenvalue weighted by atomic mass is 32.1. The molecule has 2 aromatic carbocycles. The SMILES string of the molecule is CCOC(=O)c1cc(CC)sc1NC(=O)CN(Cc1ccccc1)Cc1ccccc1. The first-order valence-electron chi connectivity index (χ1n) is 10.5. The first kappa shape index (κ1) is 22.7. The summed E-state index contributed by atoms with van der Waals surface area (Å²) in [5, 5.41) is 3.50. The van der Waals surface area contributed by atoms with Crippen molar-refractivity contribution >= 4 is 28.2 Å². The lowest BCUT2D eigenvalue weighted by molar-refractivity contribution is -0.117. The predicted molar refractivity (Wildman–Crippen MR) is 125 cm³/mol. The highest BCUT2D eigenvalue weighted by molar-refractivity contribution is 7.16. The van der Waals surface area contributed by atoms with Crippen LogP contribution in [0.25, 0.3) is 0 Å². The van der Waals surface area contributed by atoms with E-state index in [0.29, 0.717) is 30.3 Å². The summed E-state index contributed by atoms with van der Waals surface area (Å²) in [5.41, 5.74) is 2.71. The third-order valence-electron chi connectivity index (χ3n) is 4.75.